The lowest BCUT2D eigenvalue weighted by Crippen LogP contribution is -2.14. The number of aromatic nitrogens is 1. The van der Waals surface area contributed by atoms with Crippen molar-refractivity contribution in [3.63, 3.8) is 0 Å². The first-order chi connectivity index (χ1) is 7.70. The Morgan fingerprint density at radius 3 is 2.94 bits per heavy atom. The van der Waals surface area contributed by atoms with Gasteiger partial charge >= 0.3 is 0 Å². The molecule has 1 aliphatic rings. The lowest BCUT2D eigenvalue weighted by atomic mass is 10.1. The summed E-state index contributed by atoms with van der Waals surface area (Å²) in [5.41, 5.74) is 1.58. The Labute approximate surface area is 96.5 Å². The summed E-state index contributed by atoms with van der Waals surface area (Å²) in [5.74, 6) is 2.28. The SMILES string of the molecule is Cc1ccc(C#N)c(NCC(C)C2CC2)n1. The van der Waals surface area contributed by atoms with Crippen LogP contribution in [0.25, 0.3) is 0 Å². The highest BCUT2D eigenvalue weighted by molar-refractivity contribution is 5.52. The van der Waals surface area contributed by atoms with E-state index in [9.17, 15) is 0 Å². The maximum absolute atomic E-state index is 8.97. The molecule has 3 nitrogen and oxygen atoms in total. The van der Waals surface area contributed by atoms with Gasteiger partial charge in [-0.15, -0.1) is 0 Å². The molecule has 0 amide bonds. The van der Waals surface area contributed by atoms with Crippen LogP contribution in [0.4, 0.5) is 5.82 Å². The van der Waals surface area contributed by atoms with Crippen LogP contribution >= 0.6 is 0 Å². The smallest absolute Gasteiger partial charge is 0.144 e. The van der Waals surface area contributed by atoms with Crippen molar-refractivity contribution >= 4 is 5.82 Å². The summed E-state index contributed by atoms with van der Waals surface area (Å²) >= 11 is 0. The van der Waals surface area contributed by atoms with Crippen molar-refractivity contribution in [2.75, 3.05) is 11.9 Å². The van der Waals surface area contributed by atoms with Gasteiger partial charge in [-0.2, -0.15) is 5.26 Å². The molecule has 16 heavy (non-hydrogen) atoms. The molecule has 1 fully saturated rings. The molecule has 3 heteroatoms. The van der Waals surface area contributed by atoms with Gasteiger partial charge in [-0.3, -0.25) is 0 Å². The number of nitrogens with zero attached hydrogens (tertiary/aromatic N) is 2. The van der Waals surface area contributed by atoms with Gasteiger partial charge in [-0.25, -0.2) is 4.98 Å². The van der Waals surface area contributed by atoms with E-state index in [2.05, 4.69) is 23.3 Å². The Kier molecular flexibility index (Phi) is 3.09. The van der Waals surface area contributed by atoms with Crippen molar-refractivity contribution in [3.05, 3.63) is 23.4 Å². The van der Waals surface area contributed by atoms with Crippen LogP contribution in [-0.4, -0.2) is 11.5 Å². The van der Waals surface area contributed by atoms with E-state index < -0.39 is 0 Å². The summed E-state index contributed by atoms with van der Waals surface area (Å²) in [4.78, 5) is 4.36. The first-order valence-corrected chi connectivity index (χ1v) is 5.82. The zero-order valence-corrected chi connectivity index (χ0v) is 9.83. The van der Waals surface area contributed by atoms with E-state index in [1.54, 1.807) is 0 Å². The molecule has 0 aliphatic heterocycles. The summed E-state index contributed by atoms with van der Waals surface area (Å²) in [7, 11) is 0. The molecule has 2 rings (SSSR count). The van der Waals surface area contributed by atoms with Crippen LogP contribution in [0.1, 0.15) is 31.0 Å². The Bertz CT molecular complexity index is 416. The minimum atomic E-state index is 0.633. The monoisotopic (exact) mass is 215 g/mol. The molecule has 0 bridgehead atoms. The second-order valence-corrected chi connectivity index (χ2v) is 4.66. The molecule has 1 aromatic heterocycles. The number of nitrogens with one attached hydrogen (secondary N) is 1. The Morgan fingerprint density at radius 2 is 2.31 bits per heavy atom. The van der Waals surface area contributed by atoms with Gasteiger partial charge in [0.1, 0.15) is 11.9 Å². The Hall–Kier alpha value is -1.56. The van der Waals surface area contributed by atoms with E-state index in [4.69, 9.17) is 5.26 Å². The summed E-state index contributed by atoms with van der Waals surface area (Å²) < 4.78 is 0. The zero-order chi connectivity index (χ0) is 11.5. The minimum Gasteiger partial charge on any atom is -0.369 e. The number of pyridine rings is 1. The van der Waals surface area contributed by atoms with E-state index in [-0.39, 0.29) is 0 Å². The Morgan fingerprint density at radius 1 is 1.56 bits per heavy atom. The molecule has 1 atom stereocenters. The number of rotatable bonds is 4. The highest BCUT2D eigenvalue weighted by Crippen LogP contribution is 2.36. The van der Waals surface area contributed by atoms with Crippen molar-refractivity contribution in [3.8, 4) is 6.07 Å². The van der Waals surface area contributed by atoms with Gasteiger partial charge in [0, 0.05) is 12.2 Å². The third-order valence-corrected chi connectivity index (χ3v) is 3.17. The van der Waals surface area contributed by atoms with Gasteiger partial charge in [-0.05, 0) is 43.7 Å². The van der Waals surface area contributed by atoms with Crippen LogP contribution in [0.15, 0.2) is 12.1 Å². The first kappa shape index (κ1) is 10.9. The van der Waals surface area contributed by atoms with Gasteiger partial charge < -0.3 is 5.32 Å². The number of hydrogen-bond donors (Lipinski definition) is 1. The van der Waals surface area contributed by atoms with Crippen molar-refractivity contribution in [1.82, 2.24) is 4.98 Å². The van der Waals surface area contributed by atoms with Crippen LogP contribution in [0.3, 0.4) is 0 Å². The predicted molar refractivity (Wildman–Crippen MR) is 64.1 cm³/mol. The van der Waals surface area contributed by atoms with Crippen molar-refractivity contribution in [2.24, 2.45) is 11.8 Å². The maximum atomic E-state index is 8.97. The fourth-order valence-corrected chi connectivity index (χ4v) is 1.87. The highest BCUT2D eigenvalue weighted by Gasteiger charge is 2.27. The van der Waals surface area contributed by atoms with E-state index in [1.807, 2.05) is 19.1 Å². The molecule has 84 valence electrons. The summed E-state index contributed by atoms with van der Waals surface area (Å²) in [6.45, 7) is 5.11. The van der Waals surface area contributed by atoms with Gasteiger partial charge in [0.2, 0.25) is 0 Å². The van der Waals surface area contributed by atoms with E-state index in [0.29, 0.717) is 11.5 Å². The molecule has 0 radical (unpaired) electrons. The highest BCUT2D eigenvalue weighted by atomic mass is 15.0. The van der Waals surface area contributed by atoms with Crippen molar-refractivity contribution in [2.45, 2.75) is 26.7 Å². The van der Waals surface area contributed by atoms with Crippen molar-refractivity contribution in [1.29, 1.82) is 5.26 Å². The van der Waals surface area contributed by atoms with Crippen LogP contribution in [0.5, 0.6) is 0 Å². The fourth-order valence-electron chi connectivity index (χ4n) is 1.87. The van der Waals surface area contributed by atoms with E-state index >= 15 is 0 Å². The summed E-state index contributed by atoms with van der Waals surface area (Å²) in [5, 5.41) is 12.3. The number of nitriles is 1. The largest absolute Gasteiger partial charge is 0.369 e. The van der Waals surface area contributed by atoms with E-state index in [0.717, 1.165) is 24.0 Å². The first-order valence-electron chi connectivity index (χ1n) is 5.82. The fraction of sp³-hybridized carbons (Fsp3) is 0.538. The molecular weight excluding hydrogens is 198 g/mol. The molecule has 1 unspecified atom stereocenters. The Balaban J connectivity index is 2.02. The quantitative estimate of drug-likeness (QED) is 0.840. The molecule has 1 heterocycles. The van der Waals surface area contributed by atoms with Crippen LogP contribution in [0.2, 0.25) is 0 Å². The third kappa shape index (κ3) is 2.52. The van der Waals surface area contributed by atoms with Crippen LogP contribution in [-0.2, 0) is 0 Å². The van der Waals surface area contributed by atoms with Gasteiger partial charge in [-0.1, -0.05) is 6.92 Å². The standard InChI is InChI=1S/C13H17N3/c1-9(11-5-6-11)8-15-13-12(7-14)4-3-10(2)16-13/h3-4,9,11H,5-6,8H2,1-2H3,(H,15,16). The topological polar surface area (TPSA) is 48.7 Å². The van der Waals surface area contributed by atoms with Crippen molar-refractivity contribution < 1.29 is 0 Å². The minimum absolute atomic E-state index is 0.633. The zero-order valence-electron chi connectivity index (χ0n) is 9.83. The molecular formula is C13H17N3. The normalized spacial score (nSPS) is 16.6. The molecule has 1 saturated carbocycles. The molecule has 0 aromatic carbocycles. The molecule has 0 saturated heterocycles. The average Bonchev–Trinajstić information content (AvgIpc) is 3.10. The molecule has 1 N–H and O–H groups in total. The second kappa shape index (κ2) is 4.52. The predicted octanol–water partition coefficient (Wildman–Crippen LogP) is 2.72. The number of hydrogen-bond acceptors (Lipinski definition) is 3. The number of anilines is 1. The van der Waals surface area contributed by atoms with Gasteiger partial charge in [0.05, 0.1) is 5.56 Å². The molecule has 1 aliphatic carbocycles. The number of aryl methyl sites for hydroxylation is 1. The summed E-state index contributed by atoms with van der Waals surface area (Å²) in [6, 6.07) is 5.86. The van der Waals surface area contributed by atoms with Gasteiger partial charge in [0.25, 0.3) is 0 Å². The third-order valence-electron chi connectivity index (χ3n) is 3.17. The van der Waals surface area contributed by atoms with Crippen LogP contribution in [0, 0.1) is 30.1 Å². The van der Waals surface area contributed by atoms with E-state index in [1.165, 1.54) is 12.8 Å². The average molecular weight is 215 g/mol. The second-order valence-electron chi connectivity index (χ2n) is 4.66. The van der Waals surface area contributed by atoms with Crippen LogP contribution < -0.4 is 5.32 Å². The molecule has 0 spiro atoms. The maximum Gasteiger partial charge on any atom is 0.144 e. The lowest BCUT2D eigenvalue weighted by Gasteiger charge is -2.13. The summed E-state index contributed by atoms with van der Waals surface area (Å²) in [6.07, 6.45) is 2.71. The lowest BCUT2D eigenvalue weighted by molar-refractivity contribution is 0.536. The van der Waals surface area contributed by atoms with Gasteiger partial charge in [0.15, 0.2) is 0 Å². The molecule has 1 aromatic rings.